The molecule has 4 N–H and O–H groups in total. The fourth-order valence-electron chi connectivity index (χ4n) is 3.49. The molecule has 0 saturated carbocycles. The van der Waals surface area contributed by atoms with Crippen LogP contribution in [-0.4, -0.2) is 47.0 Å². The van der Waals surface area contributed by atoms with Crippen molar-refractivity contribution in [1.82, 2.24) is 20.3 Å². The third-order valence-electron chi connectivity index (χ3n) is 5.18. The first kappa shape index (κ1) is 20.9. The van der Waals surface area contributed by atoms with Gasteiger partial charge in [-0.3, -0.25) is 20.5 Å². The summed E-state index contributed by atoms with van der Waals surface area (Å²) in [6, 6.07) is 17.0. The van der Waals surface area contributed by atoms with Crippen molar-refractivity contribution < 1.29 is 4.79 Å². The molecule has 1 aliphatic rings. The Bertz CT molecular complexity index is 1020. The van der Waals surface area contributed by atoms with Crippen LogP contribution in [0.25, 0.3) is 0 Å². The maximum Gasteiger partial charge on any atom is 0.269 e. The molecule has 1 aliphatic heterocycles. The van der Waals surface area contributed by atoms with E-state index in [2.05, 4.69) is 54.9 Å². The number of nitrogens with zero attached hydrogens (tertiary/aromatic N) is 4. The van der Waals surface area contributed by atoms with Crippen LogP contribution in [0.3, 0.4) is 0 Å². The topological polar surface area (TPSA) is 99.4 Å². The minimum atomic E-state index is -0.314. The van der Waals surface area contributed by atoms with E-state index in [0.29, 0.717) is 27.9 Å². The standard InChI is InChI=1S/C22H24ClN7O/c23-18-8-6-17(7-9-18)22(31)28-27-20-19(24)21(26-15-25-20)30-12-10-29(11-13-30)14-16-4-2-1-3-5-16/h1-9,15H,10-14,24H2,(H,28,31)(H,25,26,27). The Morgan fingerprint density at radius 2 is 1.71 bits per heavy atom. The molecule has 0 aliphatic carbocycles. The number of halogens is 1. The molecular formula is C22H24ClN7O. The van der Waals surface area contributed by atoms with Crippen molar-refractivity contribution in [2.75, 3.05) is 42.2 Å². The highest BCUT2D eigenvalue weighted by Gasteiger charge is 2.21. The van der Waals surface area contributed by atoms with Gasteiger partial charge in [-0.15, -0.1) is 0 Å². The van der Waals surface area contributed by atoms with Crippen LogP contribution in [0.2, 0.25) is 5.02 Å². The van der Waals surface area contributed by atoms with E-state index >= 15 is 0 Å². The highest BCUT2D eigenvalue weighted by molar-refractivity contribution is 6.30. The molecule has 4 rings (SSSR count). The van der Waals surface area contributed by atoms with Crippen LogP contribution in [0.4, 0.5) is 17.3 Å². The Labute approximate surface area is 186 Å². The van der Waals surface area contributed by atoms with Crippen LogP contribution in [-0.2, 0) is 6.54 Å². The Morgan fingerprint density at radius 3 is 2.42 bits per heavy atom. The van der Waals surface area contributed by atoms with E-state index in [9.17, 15) is 4.79 Å². The predicted molar refractivity (Wildman–Crippen MR) is 123 cm³/mol. The van der Waals surface area contributed by atoms with Crippen molar-refractivity contribution in [3.63, 3.8) is 0 Å². The number of hydrazine groups is 1. The van der Waals surface area contributed by atoms with Crippen molar-refractivity contribution in [2.24, 2.45) is 0 Å². The van der Waals surface area contributed by atoms with Crippen LogP contribution in [0.5, 0.6) is 0 Å². The third kappa shape index (κ3) is 5.22. The smallest absolute Gasteiger partial charge is 0.269 e. The number of rotatable bonds is 6. The van der Waals surface area contributed by atoms with E-state index in [4.69, 9.17) is 17.3 Å². The van der Waals surface area contributed by atoms with Gasteiger partial charge in [0.25, 0.3) is 5.91 Å². The zero-order valence-electron chi connectivity index (χ0n) is 17.0. The Kier molecular flexibility index (Phi) is 6.49. The van der Waals surface area contributed by atoms with E-state index in [0.717, 1.165) is 32.7 Å². The molecule has 31 heavy (non-hydrogen) atoms. The number of amides is 1. The SMILES string of the molecule is Nc1c(NNC(=O)c2ccc(Cl)cc2)ncnc1N1CCN(Cc2ccccc2)CC1. The number of hydrogen-bond donors (Lipinski definition) is 3. The van der Waals surface area contributed by atoms with Crippen molar-refractivity contribution in [1.29, 1.82) is 0 Å². The van der Waals surface area contributed by atoms with Crippen molar-refractivity contribution >= 4 is 34.8 Å². The second-order valence-corrected chi connectivity index (χ2v) is 7.73. The number of carbonyl (C=O) groups is 1. The molecule has 2 heterocycles. The molecule has 1 saturated heterocycles. The largest absolute Gasteiger partial charge is 0.393 e. The van der Waals surface area contributed by atoms with Gasteiger partial charge in [0, 0.05) is 43.3 Å². The monoisotopic (exact) mass is 437 g/mol. The van der Waals surface area contributed by atoms with E-state index in [1.54, 1.807) is 24.3 Å². The molecule has 2 aromatic carbocycles. The summed E-state index contributed by atoms with van der Waals surface area (Å²) < 4.78 is 0. The first-order valence-corrected chi connectivity index (χ1v) is 10.4. The minimum Gasteiger partial charge on any atom is -0.393 e. The molecule has 0 spiro atoms. The summed E-state index contributed by atoms with van der Waals surface area (Å²) in [5.41, 5.74) is 13.9. The summed E-state index contributed by atoms with van der Waals surface area (Å²) in [4.78, 5) is 25.4. The zero-order valence-corrected chi connectivity index (χ0v) is 17.7. The number of hydrogen-bond acceptors (Lipinski definition) is 7. The van der Waals surface area contributed by atoms with E-state index in [1.807, 2.05) is 6.07 Å². The van der Waals surface area contributed by atoms with Gasteiger partial charge >= 0.3 is 0 Å². The summed E-state index contributed by atoms with van der Waals surface area (Å²) >= 11 is 5.86. The Hall–Kier alpha value is -3.36. The number of aromatic nitrogens is 2. The van der Waals surface area contributed by atoms with Gasteiger partial charge in [-0.1, -0.05) is 41.9 Å². The van der Waals surface area contributed by atoms with Crippen LogP contribution in [0.1, 0.15) is 15.9 Å². The molecule has 0 unspecified atom stereocenters. The molecule has 1 amide bonds. The number of piperazine rings is 1. The highest BCUT2D eigenvalue weighted by Crippen LogP contribution is 2.26. The predicted octanol–water partition coefficient (Wildman–Crippen LogP) is 2.79. The number of nitrogens with two attached hydrogens (primary N) is 1. The number of carbonyl (C=O) groups excluding carboxylic acids is 1. The van der Waals surface area contributed by atoms with E-state index < -0.39 is 0 Å². The summed E-state index contributed by atoms with van der Waals surface area (Å²) in [6.45, 7) is 4.37. The number of nitrogens with one attached hydrogen (secondary N) is 2. The van der Waals surface area contributed by atoms with Gasteiger partial charge in [-0.25, -0.2) is 9.97 Å². The normalized spacial score (nSPS) is 14.3. The lowest BCUT2D eigenvalue weighted by molar-refractivity contribution is 0.0962. The number of anilines is 3. The molecule has 0 radical (unpaired) electrons. The van der Waals surface area contributed by atoms with Gasteiger partial charge in [0.2, 0.25) is 0 Å². The number of benzene rings is 2. The summed E-state index contributed by atoms with van der Waals surface area (Å²) in [7, 11) is 0. The third-order valence-corrected chi connectivity index (χ3v) is 5.44. The maximum absolute atomic E-state index is 12.3. The molecular weight excluding hydrogens is 414 g/mol. The van der Waals surface area contributed by atoms with Crippen molar-refractivity contribution in [2.45, 2.75) is 6.54 Å². The van der Waals surface area contributed by atoms with Gasteiger partial charge < -0.3 is 10.6 Å². The fraction of sp³-hybridized carbons (Fsp3) is 0.227. The molecule has 1 aromatic heterocycles. The van der Waals surface area contributed by atoms with Crippen LogP contribution in [0.15, 0.2) is 60.9 Å². The van der Waals surface area contributed by atoms with Gasteiger partial charge in [0.15, 0.2) is 11.6 Å². The molecule has 0 atom stereocenters. The average Bonchev–Trinajstić information content (AvgIpc) is 2.80. The average molecular weight is 438 g/mol. The Balaban J connectivity index is 1.35. The van der Waals surface area contributed by atoms with Crippen LogP contribution >= 0.6 is 11.6 Å². The molecule has 8 nitrogen and oxygen atoms in total. The minimum absolute atomic E-state index is 0.314. The molecule has 0 bridgehead atoms. The van der Waals surface area contributed by atoms with Crippen molar-refractivity contribution in [3.8, 4) is 0 Å². The molecule has 9 heteroatoms. The second-order valence-electron chi connectivity index (χ2n) is 7.29. The zero-order chi connectivity index (χ0) is 21.6. The quantitative estimate of drug-likeness (QED) is 0.510. The summed E-state index contributed by atoms with van der Waals surface area (Å²) in [5.74, 6) is 0.711. The van der Waals surface area contributed by atoms with Gasteiger partial charge in [0.1, 0.15) is 12.0 Å². The van der Waals surface area contributed by atoms with Crippen LogP contribution in [0, 0.1) is 0 Å². The lowest BCUT2D eigenvalue weighted by Gasteiger charge is -2.36. The van der Waals surface area contributed by atoms with Gasteiger partial charge in [-0.2, -0.15) is 0 Å². The fourth-order valence-corrected chi connectivity index (χ4v) is 3.61. The van der Waals surface area contributed by atoms with Gasteiger partial charge in [-0.05, 0) is 29.8 Å². The molecule has 160 valence electrons. The first-order valence-electron chi connectivity index (χ1n) is 10.0. The Morgan fingerprint density at radius 1 is 1.00 bits per heavy atom. The molecule has 1 fully saturated rings. The highest BCUT2D eigenvalue weighted by atomic mass is 35.5. The number of nitrogen functional groups attached to an aromatic ring is 1. The first-order chi connectivity index (χ1) is 15.1. The van der Waals surface area contributed by atoms with Gasteiger partial charge in [0.05, 0.1) is 0 Å². The lowest BCUT2D eigenvalue weighted by Crippen LogP contribution is -2.46. The van der Waals surface area contributed by atoms with E-state index in [-0.39, 0.29) is 5.91 Å². The molecule has 3 aromatic rings. The van der Waals surface area contributed by atoms with E-state index in [1.165, 1.54) is 11.9 Å². The maximum atomic E-state index is 12.3. The van der Waals surface area contributed by atoms with Crippen molar-refractivity contribution in [3.05, 3.63) is 77.1 Å². The lowest BCUT2D eigenvalue weighted by atomic mass is 10.2. The summed E-state index contributed by atoms with van der Waals surface area (Å²) in [5, 5.41) is 0.568. The van der Waals surface area contributed by atoms with Crippen LogP contribution < -0.4 is 21.5 Å². The second kappa shape index (κ2) is 9.63. The summed E-state index contributed by atoms with van der Waals surface area (Å²) in [6.07, 6.45) is 1.44.